The Bertz CT molecular complexity index is 589. The summed E-state index contributed by atoms with van der Waals surface area (Å²) in [6, 6.07) is 2.25. The first-order valence-electron chi connectivity index (χ1n) is 7.88. The number of piperazine rings is 1. The predicted octanol–water partition coefficient (Wildman–Crippen LogP) is 2.40. The highest BCUT2D eigenvalue weighted by atomic mass is 32.1. The zero-order chi connectivity index (χ0) is 14.4. The zero-order valence-corrected chi connectivity index (χ0v) is 12.9. The van der Waals surface area contributed by atoms with Crippen LogP contribution in [0.1, 0.15) is 55.0 Å². The van der Waals surface area contributed by atoms with Crippen LogP contribution in [-0.4, -0.2) is 28.8 Å². The summed E-state index contributed by atoms with van der Waals surface area (Å²) < 4.78 is 0. The number of rotatable bonds is 1. The quantitative estimate of drug-likeness (QED) is 0.866. The van der Waals surface area contributed by atoms with Crippen LogP contribution < -0.4 is 5.32 Å². The van der Waals surface area contributed by atoms with Crippen LogP contribution in [0.2, 0.25) is 0 Å². The molecule has 2 heterocycles. The lowest BCUT2D eigenvalue weighted by Crippen LogP contribution is -2.66. The van der Waals surface area contributed by atoms with Gasteiger partial charge in [-0.15, -0.1) is 11.3 Å². The SMILES string of the molecule is O=C1CN(C2CCCc3sccc32)C(=O)C2(CCCC2)N1. The van der Waals surface area contributed by atoms with E-state index >= 15 is 0 Å². The van der Waals surface area contributed by atoms with Crippen LogP contribution in [-0.2, 0) is 16.0 Å². The number of amides is 2. The Morgan fingerprint density at radius 1 is 1.24 bits per heavy atom. The summed E-state index contributed by atoms with van der Waals surface area (Å²) >= 11 is 1.78. The number of nitrogens with zero attached hydrogens (tertiary/aromatic N) is 1. The third-order valence-corrected chi connectivity index (χ3v) is 6.21. The molecule has 0 bridgehead atoms. The van der Waals surface area contributed by atoms with E-state index in [0.717, 1.165) is 44.9 Å². The summed E-state index contributed by atoms with van der Waals surface area (Å²) in [7, 11) is 0. The molecule has 21 heavy (non-hydrogen) atoms. The van der Waals surface area contributed by atoms with Crippen molar-refractivity contribution in [2.75, 3.05) is 6.54 Å². The van der Waals surface area contributed by atoms with Crippen LogP contribution in [0.4, 0.5) is 0 Å². The molecular formula is C16H20N2O2S. The molecule has 1 atom stereocenters. The molecule has 1 saturated carbocycles. The second-order valence-electron chi connectivity index (χ2n) is 6.48. The highest BCUT2D eigenvalue weighted by molar-refractivity contribution is 7.10. The molecule has 0 aromatic carbocycles. The van der Waals surface area contributed by atoms with Gasteiger partial charge in [-0.05, 0) is 49.1 Å². The fraction of sp³-hybridized carbons (Fsp3) is 0.625. The molecule has 1 unspecified atom stereocenters. The van der Waals surface area contributed by atoms with Crippen molar-refractivity contribution in [3.63, 3.8) is 0 Å². The molecule has 1 spiro atoms. The number of fused-ring (bicyclic) bond motifs is 1. The average Bonchev–Trinajstić information content (AvgIpc) is 3.12. The van der Waals surface area contributed by atoms with Crippen LogP contribution in [0.5, 0.6) is 0 Å². The minimum Gasteiger partial charge on any atom is -0.340 e. The molecule has 1 saturated heterocycles. The molecule has 2 amide bonds. The van der Waals surface area contributed by atoms with Gasteiger partial charge < -0.3 is 10.2 Å². The predicted molar refractivity (Wildman–Crippen MR) is 81.1 cm³/mol. The zero-order valence-electron chi connectivity index (χ0n) is 12.1. The van der Waals surface area contributed by atoms with Gasteiger partial charge in [-0.1, -0.05) is 12.8 Å². The second kappa shape index (κ2) is 4.83. The van der Waals surface area contributed by atoms with Gasteiger partial charge in [-0.2, -0.15) is 0 Å². The Morgan fingerprint density at radius 3 is 2.86 bits per heavy atom. The number of thiophene rings is 1. The lowest BCUT2D eigenvalue weighted by Gasteiger charge is -2.44. The van der Waals surface area contributed by atoms with Gasteiger partial charge in [-0.25, -0.2) is 0 Å². The number of carbonyl (C=O) groups excluding carboxylic acids is 2. The highest BCUT2D eigenvalue weighted by Crippen LogP contribution is 2.41. The van der Waals surface area contributed by atoms with Crippen LogP contribution in [0.25, 0.3) is 0 Å². The maximum atomic E-state index is 13.0. The van der Waals surface area contributed by atoms with Crippen molar-refractivity contribution < 1.29 is 9.59 Å². The normalized spacial score (nSPS) is 27.8. The molecule has 4 rings (SSSR count). The number of hydrogen-bond donors (Lipinski definition) is 1. The van der Waals surface area contributed by atoms with Gasteiger partial charge >= 0.3 is 0 Å². The Labute approximate surface area is 128 Å². The van der Waals surface area contributed by atoms with Crippen LogP contribution in [0, 0.1) is 0 Å². The second-order valence-corrected chi connectivity index (χ2v) is 7.48. The van der Waals surface area contributed by atoms with Crippen molar-refractivity contribution in [1.82, 2.24) is 10.2 Å². The van der Waals surface area contributed by atoms with E-state index < -0.39 is 5.54 Å². The Kier molecular flexibility index (Phi) is 3.06. The number of nitrogens with one attached hydrogen (secondary N) is 1. The highest BCUT2D eigenvalue weighted by Gasteiger charge is 2.50. The van der Waals surface area contributed by atoms with Crippen molar-refractivity contribution >= 4 is 23.2 Å². The third-order valence-electron chi connectivity index (χ3n) is 5.22. The summed E-state index contributed by atoms with van der Waals surface area (Å²) in [5, 5.41) is 5.11. The fourth-order valence-electron chi connectivity index (χ4n) is 4.22. The van der Waals surface area contributed by atoms with Crippen molar-refractivity contribution in [3.05, 3.63) is 21.9 Å². The van der Waals surface area contributed by atoms with E-state index in [1.165, 1.54) is 10.4 Å². The molecular weight excluding hydrogens is 284 g/mol. The molecule has 0 radical (unpaired) electrons. The van der Waals surface area contributed by atoms with E-state index in [2.05, 4.69) is 16.8 Å². The summed E-state index contributed by atoms with van der Waals surface area (Å²) in [4.78, 5) is 28.5. The van der Waals surface area contributed by atoms with Crippen molar-refractivity contribution in [2.24, 2.45) is 0 Å². The van der Waals surface area contributed by atoms with E-state index in [1.54, 1.807) is 11.3 Å². The maximum absolute atomic E-state index is 13.0. The first kappa shape index (κ1) is 13.3. The third kappa shape index (κ3) is 2.01. The minimum atomic E-state index is -0.594. The van der Waals surface area contributed by atoms with E-state index in [-0.39, 0.29) is 24.4 Å². The van der Waals surface area contributed by atoms with Gasteiger partial charge in [-0.3, -0.25) is 9.59 Å². The van der Waals surface area contributed by atoms with E-state index in [1.807, 2.05) is 4.90 Å². The van der Waals surface area contributed by atoms with E-state index in [0.29, 0.717) is 0 Å². The van der Waals surface area contributed by atoms with Gasteiger partial charge in [0.25, 0.3) is 0 Å². The van der Waals surface area contributed by atoms with Crippen molar-refractivity contribution in [1.29, 1.82) is 0 Å². The summed E-state index contributed by atoms with van der Waals surface area (Å²) in [5.41, 5.74) is 0.686. The molecule has 1 aromatic heterocycles. The van der Waals surface area contributed by atoms with E-state index in [4.69, 9.17) is 0 Å². The van der Waals surface area contributed by atoms with Gasteiger partial charge in [0.15, 0.2) is 0 Å². The fourth-order valence-corrected chi connectivity index (χ4v) is 5.20. The standard InChI is InChI=1S/C16H20N2O2S/c19-14-10-18(15(20)16(17-14)7-1-2-8-16)12-4-3-5-13-11(12)6-9-21-13/h6,9,12H,1-5,7-8,10H2,(H,17,19). The minimum absolute atomic E-state index is 0.0128. The average molecular weight is 304 g/mol. The lowest BCUT2D eigenvalue weighted by atomic mass is 9.87. The molecule has 3 aliphatic rings. The molecule has 5 heteroatoms. The first-order valence-corrected chi connectivity index (χ1v) is 8.76. The maximum Gasteiger partial charge on any atom is 0.249 e. The van der Waals surface area contributed by atoms with Gasteiger partial charge in [0.2, 0.25) is 11.8 Å². The molecule has 4 nitrogen and oxygen atoms in total. The van der Waals surface area contributed by atoms with E-state index in [9.17, 15) is 9.59 Å². The number of aryl methyl sites for hydroxylation is 1. The largest absolute Gasteiger partial charge is 0.340 e. The topological polar surface area (TPSA) is 49.4 Å². The molecule has 1 aliphatic heterocycles. The van der Waals surface area contributed by atoms with Crippen LogP contribution >= 0.6 is 11.3 Å². The van der Waals surface area contributed by atoms with Gasteiger partial charge in [0, 0.05) is 4.88 Å². The number of hydrogen-bond acceptors (Lipinski definition) is 3. The van der Waals surface area contributed by atoms with Gasteiger partial charge in [0.05, 0.1) is 6.04 Å². The Balaban J connectivity index is 1.69. The Morgan fingerprint density at radius 2 is 2.05 bits per heavy atom. The Hall–Kier alpha value is -1.36. The first-order chi connectivity index (χ1) is 10.2. The smallest absolute Gasteiger partial charge is 0.249 e. The molecule has 112 valence electrons. The summed E-state index contributed by atoms with van der Waals surface area (Å²) in [6.07, 6.45) is 6.88. The molecule has 1 N–H and O–H groups in total. The molecule has 2 aliphatic carbocycles. The summed E-state index contributed by atoms with van der Waals surface area (Å²) in [6.45, 7) is 0.223. The lowest BCUT2D eigenvalue weighted by molar-refractivity contribution is -0.152. The van der Waals surface area contributed by atoms with Crippen LogP contribution in [0.15, 0.2) is 11.4 Å². The van der Waals surface area contributed by atoms with Crippen molar-refractivity contribution in [2.45, 2.75) is 56.5 Å². The van der Waals surface area contributed by atoms with Crippen molar-refractivity contribution in [3.8, 4) is 0 Å². The molecule has 2 fully saturated rings. The number of carbonyl (C=O) groups is 2. The van der Waals surface area contributed by atoms with Crippen LogP contribution in [0.3, 0.4) is 0 Å². The molecule has 1 aromatic rings. The van der Waals surface area contributed by atoms with Gasteiger partial charge in [0.1, 0.15) is 12.1 Å². The monoisotopic (exact) mass is 304 g/mol. The summed E-state index contributed by atoms with van der Waals surface area (Å²) in [5.74, 6) is 0.169.